The van der Waals surface area contributed by atoms with Gasteiger partial charge in [-0.25, -0.2) is 4.79 Å². The van der Waals surface area contributed by atoms with Crippen LogP contribution in [0.2, 0.25) is 0 Å². The molecule has 2 rings (SSSR count). The van der Waals surface area contributed by atoms with E-state index < -0.39 is 5.91 Å². The molecule has 1 saturated carbocycles. The minimum atomic E-state index is -0.453. The third-order valence-electron chi connectivity index (χ3n) is 3.99. The molecule has 19 heavy (non-hydrogen) atoms. The van der Waals surface area contributed by atoms with Crippen molar-refractivity contribution in [2.75, 3.05) is 19.6 Å². The summed E-state index contributed by atoms with van der Waals surface area (Å²) in [6.45, 7) is 1.63. The maximum atomic E-state index is 12.3. The van der Waals surface area contributed by atoms with Crippen LogP contribution < -0.4 is 16.4 Å². The predicted molar refractivity (Wildman–Crippen MR) is 72.6 cm³/mol. The average Bonchev–Trinajstić information content (AvgIpc) is 2.90. The molecule has 0 spiro atoms. The van der Waals surface area contributed by atoms with Gasteiger partial charge >= 0.3 is 6.03 Å². The van der Waals surface area contributed by atoms with E-state index in [-0.39, 0.29) is 24.7 Å². The Morgan fingerprint density at radius 3 is 2.53 bits per heavy atom. The van der Waals surface area contributed by atoms with Gasteiger partial charge in [0.25, 0.3) is 0 Å². The van der Waals surface area contributed by atoms with Crippen LogP contribution in [0.25, 0.3) is 0 Å². The van der Waals surface area contributed by atoms with Crippen molar-refractivity contribution in [1.82, 2.24) is 15.5 Å². The zero-order valence-corrected chi connectivity index (χ0v) is 11.4. The van der Waals surface area contributed by atoms with Crippen molar-refractivity contribution in [3.05, 3.63) is 0 Å². The van der Waals surface area contributed by atoms with Crippen LogP contribution in [0.1, 0.15) is 38.5 Å². The number of nitrogens with zero attached hydrogens (tertiary/aromatic N) is 1. The van der Waals surface area contributed by atoms with Crippen LogP contribution in [0, 0.1) is 0 Å². The number of nitrogens with two attached hydrogens (primary N) is 1. The summed E-state index contributed by atoms with van der Waals surface area (Å²) in [5.41, 5.74) is 5.25. The number of urea groups is 1. The summed E-state index contributed by atoms with van der Waals surface area (Å²) >= 11 is 0. The van der Waals surface area contributed by atoms with Crippen molar-refractivity contribution in [2.24, 2.45) is 5.73 Å². The number of rotatable bonds is 4. The molecule has 0 aromatic heterocycles. The zero-order chi connectivity index (χ0) is 13.7. The number of carbonyl (C=O) groups is 2. The van der Waals surface area contributed by atoms with Gasteiger partial charge in [-0.2, -0.15) is 0 Å². The Balaban J connectivity index is 1.91. The second kappa shape index (κ2) is 6.75. The first-order valence-corrected chi connectivity index (χ1v) is 7.23. The number of nitrogens with one attached hydrogen (secondary N) is 2. The van der Waals surface area contributed by atoms with Gasteiger partial charge in [0, 0.05) is 18.6 Å². The van der Waals surface area contributed by atoms with E-state index in [4.69, 9.17) is 5.73 Å². The molecule has 1 saturated heterocycles. The van der Waals surface area contributed by atoms with Gasteiger partial charge in [-0.1, -0.05) is 19.3 Å². The summed E-state index contributed by atoms with van der Waals surface area (Å²) in [5, 5.41) is 6.26. The monoisotopic (exact) mass is 268 g/mol. The van der Waals surface area contributed by atoms with Crippen LogP contribution >= 0.6 is 0 Å². The number of carbonyl (C=O) groups excluding carboxylic acids is 2. The number of hydrogen-bond donors (Lipinski definition) is 3. The van der Waals surface area contributed by atoms with E-state index in [0.717, 1.165) is 32.4 Å². The van der Waals surface area contributed by atoms with Crippen LogP contribution in [0.4, 0.5) is 4.79 Å². The summed E-state index contributed by atoms with van der Waals surface area (Å²) in [7, 11) is 0. The lowest BCUT2D eigenvalue weighted by Crippen LogP contribution is -2.52. The zero-order valence-electron chi connectivity index (χ0n) is 11.4. The quantitative estimate of drug-likeness (QED) is 0.679. The number of primary amides is 1. The first-order chi connectivity index (χ1) is 9.16. The van der Waals surface area contributed by atoms with Crippen molar-refractivity contribution in [1.29, 1.82) is 0 Å². The molecule has 0 radical (unpaired) electrons. The minimum Gasteiger partial charge on any atom is -0.368 e. The second-order valence-electron chi connectivity index (χ2n) is 5.53. The summed E-state index contributed by atoms with van der Waals surface area (Å²) in [5.74, 6) is -0.453. The molecule has 1 heterocycles. The van der Waals surface area contributed by atoms with E-state index in [9.17, 15) is 9.59 Å². The molecular weight excluding hydrogens is 244 g/mol. The Kier molecular flexibility index (Phi) is 5.01. The lowest BCUT2D eigenvalue weighted by molar-refractivity contribution is -0.119. The van der Waals surface area contributed by atoms with E-state index >= 15 is 0 Å². The molecule has 1 aliphatic carbocycles. The van der Waals surface area contributed by atoms with Crippen LogP contribution in [-0.2, 0) is 4.79 Å². The molecule has 0 aromatic rings. The molecular formula is C13H24N4O2. The summed E-state index contributed by atoms with van der Waals surface area (Å²) in [6, 6.07) is 0.196. The molecule has 6 heteroatoms. The van der Waals surface area contributed by atoms with E-state index in [1.54, 1.807) is 4.90 Å². The highest BCUT2D eigenvalue weighted by Crippen LogP contribution is 2.18. The smallest absolute Gasteiger partial charge is 0.318 e. The van der Waals surface area contributed by atoms with Crippen molar-refractivity contribution in [3.63, 3.8) is 0 Å². The van der Waals surface area contributed by atoms with Gasteiger partial charge in [-0.3, -0.25) is 4.79 Å². The number of hydrogen-bond acceptors (Lipinski definition) is 3. The van der Waals surface area contributed by atoms with Crippen LogP contribution in [0.3, 0.4) is 0 Å². The fourth-order valence-electron chi connectivity index (χ4n) is 2.94. The Morgan fingerprint density at radius 1 is 1.21 bits per heavy atom. The topological polar surface area (TPSA) is 87.5 Å². The molecule has 0 aromatic carbocycles. The average molecular weight is 268 g/mol. The Labute approximate surface area is 114 Å². The maximum Gasteiger partial charge on any atom is 0.318 e. The van der Waals surface area contributed by atoms with Gasteiger partial charge < -0.3 is 21.3 Å². The lowest BCUT2D eigenvalue weighted by atomic mass is 9.96. The van der Waals surface area contributed by atoms with Crippen molar-refractivity contribution in [2.45, 2.75) is 50.6 Å². The fraction of sp³-hybridized carbons (Fsp3) is 0.846. The molecule has 1 unspecified atom stereocenters. The molecule has 2 aliphatic rings. The van der Waals surface area contributed by atoms with E-state index in [1.807, 2.05) is 0 Å². The first-order valence-electron chi connectivity index (χ1n) is 7.23. The molecule has 108 valence electrons. The Bertz CT molecular complexity index is 323. The third-order valence-corrected chi connectivity index (χ3v) is 3.99. The van der Waals surface area contributed by atoms with E-state index in [2.05, 4.69) is 10.6 Å². The van der Waals surface area contributed by atoms with Gasteiger partial charge in [-0.15, -0.1) is 0 Å². The van der Waals surface area contributed by atoms with Gasteiger partial charge in [0.1, 0.15) is 6.54 Å². The van der Waals surface area contributed by atoms with E-state index in [1.165, 1.54) is 19.3 Å². The van der Waals surface area contributed by atoms with Crippen molar-refractivity contribution < 1.29 is 9.59 Å². The van der Waals surface area contributed by atoms with Crippen molar-refractivity contribution in [3.8, 4) is 0 Å². The van der Waals surface area contributed by atoms with E-state index in [0.29, 0.717) is 0 Å². The molecule has 4 N–H and O–H groups in total. The van der Waals surface area contributed by atoms with Gasteiger partial charge in [0.2, 0.25) is 5.91 Å². The highest BCUT2D eigenvalue weighted by atomic mass is 16.2. The predicted octanol–water partition coefficient (Wildman–Crippen LogP) is 0.178. The normalized spacial score (nSPS) is 24.1. The van der Waals surface area contributed by atoms with Crippen LogP contribution in [0.15, 0.2) is 0 Å². The highest BCUT2D eigenvalue weighted by Gasteiger charge is 2.29. The summed E-state index contributed by atoms with van der Waals surface area (Å²) < 4.78 is 0. The molecule has 2 fully saturated rings. The first kappa shape index (κ1) is 14.1. The lowest BCUT2D eigenvalue weighted by Gasteiger charge is -2.31. The van der Waals surface area contributed by atoms with Gasteiger partial charge in [0.15, 0.2) is 0 Å². The standard InChI is InChI=1S/C13H24N4O2/c14-12(18)9-17(11-6-7-15-8-11)13(19)16-10-4-2-1-3-5-10/h10-11,15H,1-9H2,(H2,14,18)(H,16,19). The molecule has 6 nitrogen and oxygen atoms in total. The molecule has 1 aliphatic heterocycles. The fourth-order valence-corrected chi connectivity index (χ4v) is 2.94. The minimum absolute atomic E-state index is 0.00486. The third kappa shape index (κ3) is 4.09. The highest BCUT2D eigenvalue weighted by molar-refractivity contribution is 5.83. The maximum absolute atomic E-state index is 12.3. The van der Waals surface area contributed by atoms with Gasteiger partial charge in [-0.05, 0) is 25.8 Å². The number of amides is 3. The Hall–Kier alpha value is -1.30. The van der Waals surface area contributed by atoms with Crippen LogP contribution in [0.5, 0.6) is 0 Å². The van der Waals surface area contributed by atoms with Crippen LogP contribution in [-0.4, -0.2) is 48.6 Å². The SMILES string of the molecule is NC(=O)CN(C(=O)NC1CCCCC1)C1CCNC1. The summed E-state index contributed by atoms with van der Waals surface area (Å²) in [4.78, 5) is 25.1. The largest absolute Gasteiger partial charge is 0.368 e. The van der Waals surface area contributed by atoms with Crippen molar-refractivity contribution >= 4 is 11.9 Å². The van der Waals surface area contributed by atoms with Gasteiger partial charge in [0.05, 0.1) is 0 Å². The second-order valence-corrected chi connectivity index (χ2v) is 5.53. The molecule has 0 bridgehead atoms. The molecule has 1 atom stereocenters. The summed E-state index contributed by atoms with van der Waals surface area (Å²) in [6.07, 6.45) is 6.56. The molecule has 3 amide bonds. The Morgan fingerprint density at radius 2 is 1.95 bits per heavy atom.